The molecule has 0 aromatic heterocycles. The minimum Gasteiger partial charge on any atom is -0.508 e. The third-order valence-corrected chi connectivity index (χ3v) is 7.51. The molecular weight excluding hydrogens is 592 g/mol. The van der Waals surface area contributed by atoms with Gasteiger partial charge >= 0.3 is 0 Å². The molecule has 0 aliphatic carbocycles. The number of nitrogens with two attached hydrogens (primary N) is 4. The van der Waals surface area contributed by atoms with E-state index < -0.39 is 65.7 Å². The van der Waals surface area contributed by atoms with Gasteiger partial charge in [0, 0.05) is 6.42 Å². The Balaban J connectivity index is 3.19. The van der Waals surface area contributed by atoms with Crippen molar-refractivity contribution in [3.63, 3.8) is 0 Å². The molecule has 0 unspecified atom stereocenters. The Morgan fingerprint density at radius 2 is 1.22 bits per heavy atom. The van der Waals surface area contributed by atoms with E-state index in [1.54, 1.807) is 26.0 Å². The van der Waals surface area contributed by atoms with Crippen LogP contribution in [0.25, 0.3) is 0 Å². The van der Waals surface area contributed by atoms with Gasteiger partial charge in [0.15, 0.2) is 0 Å². The van der Waals surface area contributed by atoms with Gasteiger partial charge in [-0.05, 0) is 81.1 Å². The van der Waals surface area contributed by atoms with Gasteiger partial charge in [0.05, 0.1) is 6.04 Å². The van der Waals surface area contributed by atoms with E-state index in [1.165, 1.54) is 12.1 Å². The molecule has 14 nitrogen and oxygen atoms in total. The summed E-state index contributed by atoms with van der Waals surface area (Å²) < 4.78 is 0. The number of phenolic OH excluding ortho intramolecular Hbond substituents is 1. The zero-order valence-electron chi connectivity index (χ0n) is 27.7. The Bertz CT molecular complexity index is 1110. The average molecular weight is 649 g/mol. The fraction of sp³-hybridized carbons (Fsp3) is 0.656. The number of amides is 5. The van der Waals surface area contributed by atoms with Crippen molar-refractivity contribution in [1.82, 2.24) is 21.3 Å². The highest BCUT2D eigenvalue weighted by molar-refractivity contribution is 5.96. The summed E-state index contributed by atoms with van der Waals surface area (Å²) >= 11 is 0. The Kier molecular flexibility index (Phi) is 18.5. The zero-order chi connectivity index (χ0) is 34.8. The Labute approximate surface area is 272 Å². The van der Waals surface area contributed by atoms with Crippen LogP contribution in [0.4, 0.5) is 0 Å². The Morgan fingerprint density at radius 3 is 1.74 bits per heavy atom. The van der Waals surface area contributed by atoms with Crippen LogP contribution in [-0.2, 0) is 30.4 Å². The topological polar surface area (TPSA) is 258 Å². The molecule has 1 rings (SSSR count). The summed E-state index contributed by atoms with van der Waals surface area (Å²) in [5, 5.41) is 20.5. The minimum atomic E-state index is -1.14. The summed E-state index contributed by atoms with van der Waals surface area (Å²) in [4.78, 5) is 65.5. The van der Waals surface area contributed by atoms with Crippen LogP contribution < -0.4 is 44.2 Å². The number of hydrogen-bond acceptors (Lipinski definition) is 9. The van der Waals surface area contributed by atoms with E-state index in [9.17, 15) is 29.1 Å². The second kappa shape index (κ2) is 21.1. The number of nitrogens with one attached hydrogen (secondary N) is 4. The molecule has 0 spiro atoms. The summed E-state index contributed by atoms with van der Waals surface area (Å²) in [6, 6.07) is 1.18. The molecule has 14 heteroatoms. The molecule has 0 bridgehead atoms. The molecule has 0 aliphatic heterocycles. The van der Waals surface area contributed by atoms with E-state index in [2.05, 4.69) is 21.3 Å². The lowest BCUT2D eigenvalue weighted by Gasteiger charge is -2.28. The van der Waals surface area contributed by atoms with E-state index in [0.717, 1.165) is 6.42 Å². The number of aromatic hydroxyl groups is 1. The number of carbonyl (C=O) groups is 5. The number of benzene rings is 1. The van der Waals surface area contributed by atoms with Crippen LogP contribution in [0.2, 0.25) is 0 Å². The van der Waals surface area contributed by atoms with Crippen LogP contribution in [0.15, 0.2) is 24.3 Å². The van der Waals surface area contributed by atoms with Gasteiger partial charge in [-0.1, -0.05) is 46.2 Å². The molecule has 0 saturated heterocycles. The van der Waals surface area contributed by atoms with Gasteiger partial charge < -0.3 is 49.3 Å². The van der Waals surface area contributed by atoms with E-state index in [0.29, 0.717) is 50.8 Å². The molecule has 46 heavy (non-hydrogen) atoms. The third-order valence-electron chi connectivity index (χ3n) is 7.51. The molecule has 260 valence electrons. The predicted molar refractivity (Wildman–Crippen MR) is 177 cm³/mol. The summed E-state index contributed by atoms with van der Waals surface area (Å²) in [7, 11) is 0. The maximum absolute atomic E-state index is 13.7. The monoisotopic (exact) mass is 648 g/mol. The maximum atomic E-state index is 13.7. The SMILES string of the molecule is CC(C)C[C@H](NC(=O)[C@H](Cc1ccc(O)cc1)NC(=O)[C@@H](NC(=O)[C@H](CCCCN)NC(=O)[C@@H](N)CCCCN)C(C)C)C(N)=O. The van der Waals surface area contributed by atoms with Gasteiger partial charge in [-0.2, -0.15) is 0 Å². The first-order valence-electron chi connectivity index (χ1n) is 16.1. The number of primary amides is 1. The van der Waals surface area contributed by atoms with Crippen LogP contribution in [-0.4, -0.2) is 77.9 Å². The van der Waals surface area contributed by atoms with Gasteiger partial charge in [0.1, 0.15) is 29.9 Å². The zero-order valence-corrected chi connectivity index (χ0v) is 27.7. The normalized spacial score (nSPS) is 14.5. The van der Waals surface area contributed by atoms with E-state index in [-0.39, 0.29) is 24.5 Å². The van der Waals surface area contributed by atoms with E-state index in [1.807, 2.05) is 13.8 Å². The number of unbranched alkanes of at least 4 members (excludes halogenated alkanes) is 2. The van der Waals surface area contributed by atoms with Gasteiger partial charge in [0.2, 0.25) is 29.5 Å². The summed E-state index contributed by atoms with van der Waals surface area (Å²) in [6.45, 7) is 8.14. The number of phenols is 1. The molecule has 13 N–H and O–H groups in total. The number of carbonyl (C=O) groups excluding carboxylic acids is 5. The van der Waals surface area contributed by atoms with Gasteiger partial charge in [0.25, 0.3) is 0 Å². The lowest BCUT2D eigenvalue weighted by Crippen LogP contribution is -2.60. The smallest absolute Gasteiger partial charge is 0.243 e. The second-order valence-corrected chi connectivity index (χ2v) is 12.5. The van der Waals surface area contributed by atoms with Crippen molar-refractivity contribution in [2.45, 2.75) is 109 Å². The standard InChI is InChI=1S/C32H56N8O6/c1-19(2)17-25(28(36)42)38-31(45)26(18-21-11-13-22(41)14-12-21)39-32(46)27(20(3)4)40-30(44)24(10-6-8-16-34)37-29(43)23(35)9-5-7-15-33/h11-14,19-20,23-27,41H,5-10,15-18,33-35H2,1-4H3,(H2,36,42)(H,37,43)(H,38,45)(H,39,46)(H,40,44)/t23-,24-,25-,26-,27-/m0/s1. The van der Waals surface area contributed by atoms with Crippen molar-refractivity contribution in [1.29, 1.82) is 0 Å². The lowest BCUT2D eigenvalue weighted by atomic mass is 9.99. The lowest BCUT2D eigenvalue weighted by molar-refractivity contribution is -0.135. The maximum Gasteiger partial charge on any atom is 0.243 e. The van der Waals surface area contributed by atoms with Crippen LogP contribution >= 0.6 is 0 Å². The highest BCUT2D eigenvalue weighted by Gasteiger charge is 2.33. The first-order valence-corrected chi connectivity index (χ1v) is 16.1. The molecule has 0 fully saturated rings. The first kappa shape index (κ1) is 40.3. The van der Waals surface area contributed by atoms with Crippen LogP contribution in [0, 0.1) is 11.8 Å². The van der Waals surface area contributed by atoms with Crippen LogP contribution in [0.3, 0.4) is 0 Å². The quantitative estimate of drug-likeness (QED) is 0.0743. The van der Waals surface area contributed by atoms with Crippen LogP contribution in [0.5, 0.6) is 5.75 Å². The van der Waals surface area contributed by atoms with E-state index in [4.69, 9.17) is 22.9 Å². The molecule has 5 atom stereocenters. The minimum absolute atomic E-state index is 0.0313. The molecular formula is C32H56N8O6. The Hall–Kier alpha value is -3.75. The fourth-order valence-corrected chi connectivity index (χ4v) is 4.80. The molecule has 1 aromatic carbocycles. The predicted octanol–water partition coefficient (Wildman–Crippen LogP) is -0.353. The summed E-state index contributed by atoms with van der Waals surface area (Å²) in [5.41, 5.74) is 23.4. The molecule has 0 aliphatic rings. The second-order valence-electron chi connectivity index (χ2n) is 12.5. The number of hydrogen-bond donors (Lipinski definition) is 9. The van der Waals surface area contributed by atoms with Gasteiger partial charge in [-0.15, -0.1) is 0 Å². The summed E-state index contributed by atoms with van der Waals surface area (Å²) in [6.07, 6.45) is 3.61. The number of rotatable bonds is 22. The van der Waals surface area contributed by atoms with Crippen molar-refractivity contribution in [3.8, 4) is 5.75 Å². The molecule has 1 aromatic rings. The van der Waals surface area contributed by atoms with E-state index >= 15 is 0 Å². The molecule has 0 saturated carbocycles. The fourth-order valence-electron chi connectivity index (χ4n) is 4.80. The highest BCUT2D eigenvalue weighted by atomic mass is 16.3. The average Bonchev–Trinajstić information content (AvgIpc) is 2.99. The van der Waals surface area contributed by atoms with Gasteiger partial charge in [-0.3, -0.25) is 24.0 Å². The molecule has 5 amide bonds. The van der Waals surface area contributed by atoms with Crippen LogP contribution in [0.1, 0.15) is 78.2 Å². The van der Waals surface area contributed by atoms with Gasteiger partial charge in [-0.25, -0.2) is 0 Å². The molecule has 0 heterocycles. The van der Waals surface area contributed by atoms with Crippen molar-refractivity contribution in [2.24, 2.45) is 34.8 Å². The van der Waals surface area contributed by atoms with Crippen molar-refractivity contribution < 1.29 is 29.1 Å². The van der Waals surface area contributed by atoms with Crippen molar-refractivity contribution >= 4 is 29.5 Å². The van der Waals surface area contributed by atoms with Crippen molar-refractivity contribution in [2.75, 3.05) is 13.1 Å². The largest absolute Gasteiger partial charge is 0.508 e. The first-order chi connectivity index (χ1) is 21.7. The summed E-state index contributed by atoms with van der Waals surface area (Å²) in [5.74, 6) is -3.33. The molecule has 0 radical (unpaired) electrons. The van der Waals surface area contributed by atoms with Crippen molar-refractivity contribution in [3.05, 3.63) is 29.8 Å². The highest BCUT2D eigenvalue weighted by Crippen LogP contribution is 2.14. The third kappa shape index (κ3) is 15.0. The Morgan fingerprint density at radius 1 is 0.696 bits per heavy atom.